The van der Waals surface area contributed by atoms with Gasteiger partial charge in [-0.3, -0.25) is 4.99 Å². The van der Waals surface area contributed by atoms with Crippen LogP contribution in [0.25, 0.3) is 0 Å². The van der Waals surface area contributed by atoms with Crippen molar-refractivity contribution < 1.29 is 17.9 Å². The fourth-order valence-electron chi connectivity index (χ4n) is 2.18. The van der Waals surface area contributed by atoms with Gasteiger partial charge in [-0.2, -0.15) is 13.2 Å². The van der Waals surface area contributed by atoms with Crippen molar-refractivity contribution >= 4 is 29.9 Å². The number of aliphatic imine (C=N–C) groups is 1. The highest BCUT2D eigenvalue weighted by molar-refractivity contribution is 14.0. The molecular formula is C17H27F3IN3O. The highest BCUT2D eigenvalue weighted by Crippen LogP contribution is 2.16. The standard InChI is InChI=1S/C17H26F3N3O.HI/c1-4-5-9-23(3)16(21-2)22-11-14-7-6-8-15(10-14)12-24-13-17(18,19)20;/h6-8,10H,4-5,9,11-13H2,1-3H3,(H,21,22);1H. The molecule has 8 heteroatoms. The van der Waals surface area contributed by atoms with Crippen molar-refractivity contribution in [2.75, 3.05) is 27.2 Å². The van der Waals surface area contributed by atoms with Gasteiger partial charge in [0.05, 0.1) is 6.61 Å². The number of alkyl halides is 3. The fraction of sp³-hybridized carbons (Fsp3) is 0.588. The van der Waals surface area contributed by atoms with Gasteiger partial charge in [0.1, 0.15) is 6.61 Å². The van der Waals surface area contributed by atoms with E-state index < -0.39 is 12.8 Å². The van der Waals surface area contributed by atoms with Crippen LogP contribution in [-0.2, 0) is 17.9 Å². The van der Waals surface area contributed by atoms with Crippen LogP contribution in [0.3, 0.4) is 0 Å². The van der Waals surface area contributed by atoms with E-state index in [1.165, 1.54) is 0 Å². The first-order valence-electron chi connectivity index (χ1n) is 7.99. The molecule has 0 aromatic heterocycles. The Labute approximate surface area is 164 Å². The monoisotopic (exact) mass is 473 g/mol. The molecular weight excluding hydrogens is 446 g/mol. The van der Waals surface area contributed by atoms with E-state index in [9.17, 15) is 13.2 Å². The van der Waals surface area contributed by atoms with Crippen LogP contribution in [-0.4, -0.2) is 44.3 Å². The molecule has 0 spiro atoms. The summed E-state index contributed by atoms with van der Waals surface area (Å²) in [4.78, 5) is 6.29. The molecule has 1 N–H and O–H groups in total. The minimum absolute atomic E-state index is 0. The van der Waals surface area contributed by atoms with E-state index in [4.69, 9.17) is 4.74 Å². The van der Waals surface area contributed by atoms with Crippen LogP contribution in [0.4, 0.5) is 13.2 Å². The number of benzene rings is 1. The topological polar surface area (TPSA) is 36.9 Å². The van der Waals surface area contributed by atoms with E-state index in [1.54, 1.807) is 13.1 Å². The Hall–Kier alpha value is -1.03. The average molecular weight is 473 g/mol. The second-order valence-electron chi connectivity index (χ2n) is 5.60. The molecule has 4 nitrogen and oxygen atoms in total. The predicted octanol–water partition coefficient (Wildman–Crippen LogP) is 4.19. The molecule has 0 radical (unpaired) electrons. The summed E-state index contributed by atoms with van der Waals surface area (Å²) in [7, 11) is 3.71. The highest BCUT2D eigenvalue weighted by Gasteiger charge is 2.27. The van der Waals surface area contributed by atoms with Gasteiger partial charge >= 0.3 is 6.18 Å². The maximum absolute atomic E-state index is 12.1. The third-order valence-corrected chi connectivity index (χ3v) is 3.40. The molecule has 1 aromatic carbocycles. The number of ether oxygens (including phenoxy) is 1. The number of guanidine groups is 1. The summed E-state index contributed by atoms with van der Waals surface area (Å²) in [6, 6.07) is 7.32. The molecule has 0 unspecified atom stereocenters. The van der Waals surface area contributed by atoms with Crippen molar-refractivity contribution in [2.24, 2.45) is 4.99 Å². The zero-order chi connectivity index (χ0) is 18.0. The van der Waals surface area contributed by atoms with Gasteiger partial charge in [-0.1, -0.05) is 37.6 Å². The predicted molar refractivity (Wildman–Crippen MR) is 105 cm³/mol. The quantitative estimate of drug-likeness (QED) is 0.350. The molecule has 0 aliphatic heterocycles. The maximum Gasteiger partial charge on any atom is 0.411 e. The molecule has 1 aromatic rings. The summed E-state index contributed by atoms with van der Waals surface area (Å²) >= 11 is 0. The summed E-state index contributed by atoms with van der Waals surface area (Å²) in [5, 5.41) is 3.26. The van der Waals surface area contributed by atoms with Crippen LogP contribution in [0.2, 0.25) is 0 Å². The van der Waals surface area contributed by atoms with Crippen LogP contribution in [0.5, 0.6) is 0 Å². The number of hydrogen-bond acceptors (Lipinski definition) is 2. The SMILES string of the molecule is CCCCN(C)C(=NC)NCc1cccc(COCC(F)(F)F)c1.I. The van der Waals surface area contributed by atoms with E-state index in [0.29, 0.717) is 12.1 Å². The maximum atomic E-state index is 12.1. The van der Waals surface area contributed by atoms with Gasteiger partial charge in [-0.15, -0.1) is 24.0 Å². The largest absolute Gasteiger partial charge is 0.411 e. The number of halogens is 4. The van der Waals surface area contributed by atoms with Gasteiger partial charge in [-0.25, -0.2) is 0 Å². The van der Waals surface area contributed by atoms with Crippen LogP contribution in [0.1, 0.15) is 30.9 Å². The van der Waals surface area contributed by atoms with Crippen LogP contribution >= 0.6 is 24.0 Å². The number of nitrogens with zero attached hydrogens (tertiary/aromatic N) is 2. The van der Waals surface area contributed by atoms with Crippen molar-refractivity contribution in [1.82, 2.24) is 10.2 Å². The smallest absolute Gasteiger partial charge is 0.367 e. The van der Waals surface area contributed by atoms with E-state index in [-0.39, 0.29) is 30.6 Å². The van der Waals surface area contributed by atoms with Crippen molar-refractivity contribution in [3.63, 3.8) is 0 Å². The zero-order valence-electron chi connectivity index (χ0n) is 14.9. The third-order valence-electron chi connectivity index (χ3n) is 3.40. The first-order valence-corrected chi connectivity index (χ1v) is 7.99. The number of unbranched alkanes of at least 4 members (excludes halogenated alkanes) is 1. The second kappa shape index (κ2) is 12.3. The van der Waals surface area contributed by atoms with Crippen molar-refractivity contribution in [2.45, 2.75) is 39.1 Å². The average Bonchev–Trinajstić information content (AvgIpc) is 2.52. The second-order valence-corrected chi connectivity index (χ2v) is 5.60. The van der Waals surface area contributed by atoms with Crippen LogP contribution in [0, 0.1) is 0 Å². The number of nitrogens with one attached hydrogen (secondary N) is 1. The van der Waals surface area contributed by atoms with E-state index in [2.05, 4.69) is 22.1 Å². The Bertz CT molecular complexity index is 524. The molecule has 0 aliphatic rings. The molecule has 1 rings (SSSR count). The fourth-order valence-corrected chi connectivity index (χ4v) is 2.18. The molecule has 0 bridgehead atoms. The molecule has 0 fully saturated rings. The summed E-state index contributed by atoms with van der Waals surface area (Å²) < 4.78 is 41.0. The Morgan fingerprint density at radius 1 is 1.28 bits per heavy atom. The first kappa shape index (κ1) is 24.0. The third kappa shape index (κ3) is 10.5. The first-order chi connectivity index (χ1) is 11.4. The van der Waals surface area contributed by atoms with Gasteiger partial charge in [0.25, 0.3) is 0 Å². The molecule has 144 valence electrons. The van der Waals surface area contributed by atoms with Gasteiger partial charge in [-0.05, 0) is 17.5 Å². The lowest BCUT2D eigenvalue weighted by molar-refractivity contribution is -0.176. The van der Waals surface area contributed by atoms with Crippen molar-refractivity contribution in [3.05, 3.63) is 35.4 Å². The summed E-state index contributed by atoms with van der Waals surface area (Å²) in [5.41, 5.74) is 1.68. The Morgan fingerprint density at radius 2 is 1.96 bits per heavy atom. The lowest BCUT2D eigenvalue weighted by Gasteiger charge is -2.22. The molecule has 0 aliphatic carbocycles. The number of hydrogen-bond donors (Lipinski definition) is 1. The Balaban J connectivity index is 0.00000576. The lowest BCUT2D eigenvalue weighted by atomic mass is 10.1. The molecule has 0 amide bonds. The minimum Gasteiger partial charge on any atom is -0.367 e. The highest BCUT2D eigenvalue weighted by atomic mass is 127. The van der Waals surface area contributed by atoms with Gasteiger partial charge in [0.2, 0.25) is 0 Å². The molecule has 25 heavy (non-hydrogen) atoms. The van der Waals surface area contributed by atoms with Gasteiger partial charge in [0.15, 0.2) is 5.96 Å². The Morgan fingerprint density at radius 3 is 2.56 bits per heavy atom. The molecule has 0 saturated carbocycles. The van der Waals surface area contributed by atoms with Crippen molar-refractivity contribution in [1.29, 1.82) is 0 Å². The van der Waals surface area contributed by atoms with E-state index >= 15 is 0 Å². The summed E-state index contributed by atoms with van der Waals surface area (Å²) in [6.45, 7) is 2.32. The lowest BCUT2D eigenvalue weighted by Crippen LogP contribution is -2.38. The zero-order valence-corrected chi connectivity index (χ0v) is 17.2. The van der Waals surface area contributed by atoms with Gasteiger partial charge in [0, 0.05) is 27.2 Å². The molecule has 0 heterocycles. The summed E-state index contributed by atoms with van der Waals surface area (Å²) in [6.07, 6.45) is -2.10. The molecule has 0 atom stereocenters. The summed E-state index contributed by atoms with van der Waals surface area (Å²) in [5.74, 6) is 0.794. The van der Waals surface area contributed by atoms with E-state index in [1.807, 2.05) is 25.2 Å². The van der Waals surface area contributed by atoms with Crippen molar-refractivity contribution in [3.8, 4) is 0 Å². The van der Waals surface area contributed by atoms with Crippen LogP contribution in [0.15, 0.2) is 29.3 Å². The number of rotatable bonds is 8. The minimum atomic E-state index is -4.30. The normalized spacial score (nSPS) is 11.8. The van der Waals surface area contributed by atoms with Crippen LogP contribution < -0.4 is 5.32 Å². The van der Waals surface area contributed by atoms with E-state index in [0.717, 1.165) is 30.9 Å². The molecule has 0 saturated heterocycles. The van der Waals surface area contributed by atoms with Gasteiger partial charge < -0.3 is 15.0 Å². The Kier molecular flexibility index (Phi) is 11.8.